The first-order valence-electron chi connectivity index (χ1n) is 8.65. The lowest BCUT2D eigenvalue weighted by Crippen LogP contribution is -2.29. The maximum absolute atomic E-state index is 12.4. The van der Waals surface area contributed by atoms with E-state index in [1.807, 2.05) is 31.2 Å². The fraction of sp³-hybridized carbons (Fsp3) is 0.0909. The molecule has 2 amide bonds. The second-order valence-electron chi connectivity index (χ2n) is 6.02. The minimum atomic E-state index is -0.812. The van der Waals surface area contributed by atoms with Crippen LogP contribution in [0.15, 0.2) is 72.8 Å². The molecular formula is C22H20N2O4. The lowest BCUT2D eigenvalue weighted by molar-refractivity contribution is -0.133. The molecule has 0 aliphatic heterocycles. The molecule has 0 radical (unpaired) electrons. The molecule has 3 rings (SSSR count). The van der Waals surface area contributed by atoms with Crippen molar-refractivity contribution in [3.05, 3.63) is 78.4 Å². The second kappa shape index (κ2) is 8.73. The zero-order valence-corrected chi connectivity index (χ0v) is 15.6. The highest BCUT2D eigenvalue weighted by Gasteiger charge is 2.18. The normalized spacial score (nSPS) is 10.1. The number of aryl methyl sites for hydroxylation is 1. The van der Waals surface area contributed by atoms with Gasteiger partial charge in [0.05, 0.1) is 18.5 Å². The Balaban J connectivity index is 1.73. The zero-order valence-electron chi connectivity index (χ0n) is 15.6. The molecule has 0 bridgehead atoms. The number of hydrogen-bond acceptors (Lipinski definition) is 4. The summed E-state index contributed by atoms with van der Waals surface area (Å²) in [5.74, 6) is -0.0909. The lowest BCUT2D eigenvalue weighted by Gasteiger charge is -2.13. The van der Waals surface area contributed by atoms with E-state index in [9.17, 15) is 9.59 Å². The van der Waals surface area contributed by atoms with Gasteiger partial charge in [-0.3, -0.25) is 9.59 Å². The summed E-state index contributed by atoms with van der Waals surface area (Å²) in [7, 11) is 1.50. The quantitative estimate of drug-likeness (QED) is 0.648. The molecule has 0 atom stereocenters. The monoisotopic (exact) mass is 376 g/mol. The largest absolute Gasteiger partial charge is 0.495 e. The molecule has 3 aromatic rings. The van der Waals surface area contributed by atoms with E-state index in [4.69, 9.17) is 9.47 Å². The van der Waals surface area contributed by atoms with Gasteiger partial charge in [0.2, 0.25) is 0 Å². The predicted molar refractivity (Wildman–Crippen MR) is 108 cm³/mol. The molecule has 6 nitrogen and oxygen atoms in total. The summed E-state index contributed by atoms with van der Waals surface area (Å²) in [6, 6.07) is 21.4. The molecule has 0 aliphatic carbocycles. The Kier molecular flexibility index (Phi) is 5.91. The van der Waals surface area contributed by atoms with Crippen LogP contribution < -0.4 is 20.1 Å². The van der Waals surface area contributed by atoms with Crippen molar-refractivity contribution in [2.24, 2.45) is 0 Å². The van der Waals surface area contributed by atoms with Crippen LogP contribution in [0.4, 0.5) is 11.4 Å². The Morgan fingerprint density at radius 1 is 0.750 bits per heavy atom. The molecule has 6 heteroatoms. The molecule has 0 aromatic heterocycles. The van der Waals surface area contributed by atoms with Gasteiger partial charge >= 0.3 is 11.8 Å². The molecular weight excluding hydrogens is 356 g/mol. The summed E-state index contributed by atoms with van der Waals surface area (Å²) in [4.78, 5) is 24.7. The Bertz CT molecular complexity index is 987. The van der Waals surface area contributed by atoms with Crippen molar-refractivity contribution in [3.8, 4) is 17.2 Å². The van der Waals surface area contributed by atoms with Gasteiger partial charge in [0, 0.05) is 0 Å². The molecule has 0 spiro atoms. The number of amides is 2. The minimum absolute atomic E-state index is 0.391. The van der Waals surface area contributed by atoms with Crippen molar-refractivity contribution in [1.82, 2.24) is 0 Å². The number of hydrogen-bond donors (Lipinski definition) is 2. The summed E-state index contributed by atoms with van der Waals surface area (Å²) >= 11 is 0. The zero-order chi connectivity index (χ0) is 19.9. The smallest absolute Gasteiger partial charge is 0.314 e. The van der Waals surface area contributed by atoms with E-state index in [1.54, 1.807) is 48.5 Å². The van der Waals surface area contributed by atoms with Gasteiger partial charge in [-0.15, -0.1) is 0 Å². The average Bonchev–Trinajstić information content (AvgIpc) is 2.70. The van der Waals surface area contributed by atoms with Crippen molar-refractivity contribution in [1.29, 1.82) is 0 Å². The van der Waals surface area contributed by atoms with Crippen molar-refractivity contribution in [3.63, 3.8) is 0 Å². The lowest BCUT2D eigenvalue weighted by atomic mass is 10.2. The maximum Gasteiger partial charge on any atom is 0.314 e. The van der Waals surface area contributed by atoms with Gasteiger partial charge in [-0.1, -0.05) is 36.4 Å². The van der Waals surface area contributed by atoms with Gasteiger partial charge in [-0.2, -0.15) is 0 Å². The van der Waals surface area contributed by atoms with E-state index >= 15 is 0 Å². The second-order valence-corrected chi connectivity index (χ2v) is 6.02. The molecule has 3 aromatic carbocycles. The molecule has 28 heavy (non-hydrogen) atoms. The number of anilines is 2. The topological polar surface area (TPSA) is 76.7 Å². The van der Waals surface area contributed by atoms with Crippen LogP contribution in [0.1, 0.15) is 5.56 Å². The summed E-state index contributed by atoms with van der Waals surface area (Å²) in [5, 5.41) is 5.16. The molecule has 0 saturated carbocycles. The van der Waals surface area contributed by atoms with Gasteiger partial charge < -0.3 is 20.1 Å². The van der Waals surface area contributed by atoms with Gasteiger partial charge in [-0.25, -0.2) is 0 Å². The Hall–Kier alpha value is -3.80. The van der Waals surface area contributed by atoms with Crippen LogP contribution in [0, 0.1) is 6.92 Å². The first kappa shape index (κ1) is 19.0. The number of carbonyl (C=O) groups excluding carboxylic acids is 2. The first-order chi connectivity index (χ1) is 13.6. The van der Waals surface area contributed by atoms with Crippen LogP contribution in [0.3, 0.4) is 0 Å². The third-order valence-electron chi connectivity index (χ3n) is 3.92. The van der Waals surface area contributed by atoms with Crippen LogP contribution in [-0.2, 0) is 9.59 Å². The van der Waals surface area contributed by atoms with E-state index < -0.39 is 11.8 Å². The van der Waals surface area contributed by atoms with E-state index in [2.05, 4.69) is 10.6 Å². The van der Waals surface area contributed by atoms with Crippen LogP contribution in [-0.4, -0.2) is 18.9 Å². The predicted octanol–water partition coefficient (Wildman–Crippen LogP) is 4.37. The van der Waals surface area contributed by atoms with Crippen molar-refractivity contribution in [2.45, 2.75) is 6.92 Å². The molecule has 0 aliphatic rings. The van der Waals surface area contributed by atoms with E-state index in [0.29, 0.717) is 28.6 Å². The van der Waals surface area contributed by atoms with Crippen molar-refractivity contribution in [2.75, 3.05) is 17.7 Å². The van der Waals surface area contributed by atoms with Crippen molar-refractivity contribution >= 4 is 23.2 Å². The summed E-state index contributed by atoms with van der Waals surface area (Å²) in [5.41, 5.74) is 1.75. The van der Waals surface area contributed by atoms with Gasteiger partial charge in [0.1, 0.15) is 11.5 Å². The molecule has 0 fully saturated rings. The van der Waals surface area contributed by atoms with E-state index in [-0.39, 0.29) is 0 Å². The highest BCUT2D eigenvalue weighted by molar-refractivity contribution is 6.44. The summed E-state index contributed by atoms with van der Waals surface area (Å²) in [6.07, 6.45) is 0. The number of para-hydroxylation sites is 3. The summed E-state index contributed by atoms with van der Waals surface area (Å²) in [6.45, 7) is 1.88. The number of rotatable bonds is 5. The average molecular weight is 376 g/mol. The number of methoxy groups -OCH3 is 1. The fourth-order valence-corrected chi connectivity index (χ4v) is 2.55. The molecule has 0 unspecified atom stereocenters. The van der Waals surface area contributed by atoms with Gasteiger partial charge in [-0.05, 0) is 48.9 Å². The standard InChI is InChI=1S/C22H20N2O4/c1-15-12-13-19(27-2)18(14-15)24-22(26)21(25)23-17-10-6-7-11-20(17)28-16-8-4-3-5-9-16/h3-14H,1-2H3,(H,23,25)(H,24,26). The van der Waals surface area contributed by atoms with Crippen LogP contribution in [0.2, 0.25) is 0 Å². The molecule has 0 saturated heterocycles. The first-order valence-corrected chi connectivity index (χ1v) is 8.65. The minimum Gasteiger partial charge on any atom is -0.495 e. The van der Waals surface area contributed by atoms with E-state index in [0.717, 1.165) is 5.56 Å². The van der Waals surface area contributed by atoms with E-state index in [1.165, 1.54) is 7.11 Å². The Labute approximate surface area is 163 Å². The van der Waals surface area contributed by atoms with Crippen LogP contribution in [0.25, 0.3) is 0 Å². The SMILES string of the molecule is COc1ccc(C)cc1NC(=O)C(=O)Nc1ccccc1Oc1ccccc1. The van der Waals surface area contributed by atoms with Gasteiger partial charge in [0.15, 0.2) is 5.75 Å². The molecule has 0 heterocycles. The highest BCUT2D eigenvalue weighted by atomic mass is 16.5. The Morgan fingerprint density at radius 3 is 2.11 bits per heavy atom. The molecule has 2 N–H and O–H groups in total. The Morgan fingerprint density at radius 2 is 1.39 bits per heavy atom. The number of carbonyl (C=O) groups is 2. The molecule has 142 valence electrons. The fourth-order valence-electron chi connectivity index (χ4n) is 2.55. The van der Waals surface area contributed by atoms with Crippen molar-refractivity contribution < 1.29 is 19.1 Å². The van der Waals surface area contributed by atoms with Crippen LogP contribution >= 0.6 is 0 Å². The summed E-state index contributed by atoms with van der Waals surface area (Å²) < 4.78 is 11.0. The highest BCUT2D eigenvalue weighted by Crippen LogP contribution is 2.29. The number of benzene rings is 3. The van der Waals surface area contributed by atoms with Crippen LogP contribution in [0.5, 0.6) is 17.2 Å². The van der Waals surface area contributed by atoms with Gasteiger partial charge in [0.25, 0.3) is 0 Å². The maximum atomic E-state index is 12.4. The third kappa shape index (κ3) is 4.67. The number of ether oxygens (including phenoxy) is 2. The number of nitrogens with one attached hydrogen (secondary N) is 2. The third-order valence-corrected chi connectivity index (χ3v) is 3.92.